The maximum absolute atomic E-state index is 10.6. The van der Waals surface area contributed by atoms with Crippen LogP contribution < -0.4 is 0 Å². The molecule has 0 N–H and O–H groups in total. The van der Waals surface area contributed by atoms with Crippen molar-refractivity contribution in [3.63, 3.8) is 0 Å². The summed E-state index contributed by atoms with van der Waals surface area (Å²) in [6, 6.07) is 0. The van der Waals surface area contributed by atoms with E-state index in [-0.39, 0.29) is 5.97 Å². The van der Waals surface area contributed by atoms with E-state index in [1.54, 1.807) is 0 Å². The van der Waals surface area contributed by atoms with Gasteiger partial charge in [0.25, 0.3) is 0 Å². The maximum atomic E-state index is 10.6. The summed E-state index contributed by atoms with van der Waals surface area (Å²) >= 11 is 0. The Labute approximate surface area is 67.2 Å². The first kappa shape index (κ1) is 8.31. The number of carbonyl (C=O) groups is 1. The molecular formula is C9H14O2. The molecule has 1 heterocycles. The van der Waals surface area contributed by atoms with E-state index in [0.29, 0.717) is 18.4 Å². The van der Waals surface area contributed by atoms with Crippen molar-refractivity contribution in [3.8, 4) is 0 Å². The third-order valence-electron chi connectivity index (χ3n) is 2.27. The second kappa shape index (κ2) is 3.56. The predicted octanol–water partition coefficient (Wildman–Crippen LogP) is 1.76. The minimum atomic E-state index is -0.204. The number of hydrogen-bond donors (Lipinski definition) is 0. The average molecular weight is 154 g/mol. The van der Waals surface area contributed by atoms with Crippen molar-refractivity contribution >= 4 is 5.97 Å². The van der Waals surface area contributed by atoms with Gasteiger partial charge in [-0.2, -0.15) is 0 Å². The van der Waals surface area contributed by atoms with Crippen LogP contribution in [0, 0.1) is 11.8 Å². The first-order valence-electron chi connectivity index (χ1n) is 4.09. The van der Waals surface area contributed by atoms with Gasteiger partial charge in [0.05, 0.1) is 6.61 Å². The van der Waals surface area contributed by atoms with E-state index in [2.05, 4.69) is 13.8 Å². The molecule has 62 valence electrons. The minimum Gasteiger partial charge on any atom is -0.462 e. The highest BCUT2D eigenvalue weighted by Crippen LogP contribution is 2.19. The van der Waals surface area contributed by atoms with Crippen LogP contribution in [0.5, 0.6) is 0 Å². The van der Waals surface area contributed by atoms with Crippen molar-refractivity contribution in [3.05, 3.63) is 12.2 Å². The fraction of sp³-hybridized carbons (Fsp3) is 0.667. The normalized spacial score (nSPS) is 26.4. The molecule has 1 aliphatic heterocycles. The van der Waals surface area contributed by atoms with Crippen molar-refractivity contribution in [2.75, 3.05) is 6.61 Å². The van der Waals surface area contributed by atoms with Crippen LogP contribution in [0.1, 0.15) is 20.3 Å². The molecule has 2 unspecified atom stereocenters. The van der Waals surface area contributed by atoms with Gasteiger partial charge in [-0.1, -0.05) is 26.3 Å². The Morgan fingerprint density at radius 2 is 2.55 bits per heavy atom. The van der Waals surface area contributed by atoms with E-state index in [4.69, 9.17) is 4.74 Å². The second-order valence-electron chi connectivity index (χ2n) is 3.04. The molecule has 0 spiro atoms. The van der Waals surface area contributed by atoms with Crippen molar-refractivity contribution in [1.82, 2.24) is 0 Å². The van der Waals surface area contributed by atoms with Gasteiger partial charge in [0.15, 0.2) is 0 Å². The Balaban J connectivity index is 2.49. The zero-order valence-electron chi connectivity index (χ0n) is 7.04. The molecule has 11 heavy (non-hydrogen) atoms. The monoisotopic (exact) mass is 154 g/mol. The highest BCUT2D eigenvalue weighted by molar-refractivity contribution is 5.82. The molecule has 0 amide bonds. The lowest BCUT2D eigenvalue weighted by Crippen LogP contribution is -2.21. The summed E-state index contributed by atoms with van der Waals surface area (Å²) in [6.07, 6.45) is 4.62. The van der Waals surface area contributed by atoms with Gasteiger partial charge in [0.2, 0.25) is 0 Å². The van der Waals surface area contributed by atoms with Crippen LogP contribution in [0.25, 0.3) is 0 Å². The summed E-state index contributed by atoms with van der Waals surface area (Å²) in [5, 5.41) is 0. The maximum Gasteiger partial charge on any atom is 0.330 e. The molecule has 1 aliphatic rings. The van der Waals surface area contributed by atoms with Gasteiger partial charge in [0.1, 0.15) is 0 Å². The lowest BCUT2D eigenvalue weighted by atomic mass is 9.91. The summed E-state index contributed by atoms with van der Waals surface area (Å²) in [4.78, 5) is 10.6. The van der Waals surface area contributed by atoms with Gasteiger partial charge in [-0.3, -0.25) is 0 Å². The third-order valence-corrected chi connectivity index (χ3v) is 2.27. The number of esters is 1. The Kier molecular flexibility index (Phi) is 2.69. The fourth-order valence-electron chi connectivity index (χ4n) is 1.14. The summed E-state index contributed by atoms with van der Waals surface area (Å²) < 4.78 is 4.89. The zero-order valence-corrected chi connectivity index (χ0v) is 7.04. The van der Waals surface area contributed by atoms with E-state index in [9.17, 15) is 4.79 Å². The molecule has 0 radical (unpaired) electrons. The molecule has 0 bridgehead atoms. The molecular weight excluding hydrogens is 140 g/mol. The number of hydrogen-bond acceptors (Lipinski definition) is 2. The Morgan fingerprint density at radius 1 is 1.82 bits per heavy atom. The zero-order chi connectivity index (χ0) is 8.27. The third kappa shape index (κ3) is 2.07. The molecule has 0 aliphatic carbocycles. The summed E-state index contributed by atoms with van der Waals surface area (Å²) in [5.41, 5.74) is 0. The molecule has 0 fully saturated rings. The summed E-state index contributed by atoms with van der Waals surface area (Å²) in [6.45, 7) is 4.88. The van der Waals surface area contributed by atoms with E-state index >= 15 is 0 Å². The molecule has 0 saturated carbocycles. The molecule has 0 aromatic heterocycles. The van der Waals surface area contributed by atoms with Crippen molar-refractivity contribution in [1.29, 1.82) is 0 Å². The smallest absolute Gasteiger partial charge is 0.330 e. The van der Waals surface area contributed by atoms with Crippen molar-refractivity contribution < 1.29 is 9.53 Å². The van der Waals surface area contributed by atoms with Crippen LogP contribution in [0.15, 0.2) is 12.2 Å². The van der Waals surface area contributed by atoms with Crippen molar-refractivity contribution in [2.45, 2.75) is 20.3 Å². The van der Waals surface area contributed by atoms with Gasteiger partial charge < -0.3 is 4.74 Å². The lowest BCUT2D eigenvalue weighted by molar-refractivity contribution is -0.140. The predicted molar refractivity (Wildman–Crippen MR) is 43.0 cm³/mol. The first-order valence-corrected chi connectivity index (χ1v) is 4.09. The van der Waals surface area contributed by atoms with E-state index < -0.39 is 0 Å². The van der Waals surface area contributed by atoms with Crippen LogP contribution in [-0.4, -0.2) is 12.6 Å². The topological polar surface area (TPSA) is 26.3 Å². The van der Waals surface area contributed by atoms with Crippen LogP contribution >= 0.6 is 0 Å². The van der Waals surface area contributed by atoms with E-state index in [0.717, 1.165) is 6.42 Å². The number of carbonyl (C=O) groups excluding carboxylic acids is 1. The first-order chi connectivity index (χ1) is 5.24. The molecule has 0 saturated heterocycles. The van der Waals surface area contributed by atoms with Crippen molar-refractivity contribution in [2.24, 2.45) is 11.8 Å². The molecule has 1 rings (SSSR count). The van der Waals surface area contributed by atoms with E-state index in [1.807, 2.05) is 6.08 Å². The lowest BCUT2D eigenvalue weighted by Gasteiger charge is -2.21. The number of cyclic esters (lactones) is 1. The summed E-state index contributed by atoms with van der Waals surface area (Å²) in [7, 11) is 0. The highest BCUT2D eigenvalue weighted by atomic mass is 16.5. The number of rotatable bonds is 2. The van der Waals surface area contributed by atoms with Crippen LogP contribution in [-0.2, 0) is 9.53 Å². The van der Waals surface area contributed by atoms with E-state index in [1.165, 1.54) is 6.08 Å². The molecule has 2 nitrogen and oxygen atoms in total. The van der Waals surface area contributed by atoms with Gasteiger partial charge in [0, 0.05) is 12.0 Å². The quantitative estimate of drug-likeness (QED) is 0.566. The van der Waals surface area contributed by atoms with Gasteiger partial charge >= 0.3 is 5.97 Å². The number of ether oxygens (including phenoxy) is 1. The Hall–Kier alpha value is -0.790. The molecule has 0 aromatic rings. The van der Waals surface area contributed by atoms with Crippen LogP contribution in [0.3, 0.4) is 0 Å². The highest BCUT2D eigenvalue weighted by Gasteiger charge is 2.18. The SMILES string of the molecule is CCC(C)C1C=CC(=O)OC1. The largest absolute Gasteiger partial charge is 0.462 e. The van der Waals surface area contributed by atoms with Gasteiger partial charge in [-0.15, -0.1) is 0 Å². The fourth-order valence-corrected chi connectivity index (χ4v) is 1.14. The van der Waals surface area contributed by atoms with Gasteiger partial charge in [-0.25, -0.2) is 4.79 Å². The van der Waals surface area contributed by atoms with Gasteiger partial charge in [-0.05, 0) is 5.92 Å². The standard InChI is InChI=1S/C9H14O2/c1-3-7(2)8-4-5-9(10)11-6-8/h4-5,7-8H,3,6H2,1-2H3. The van der Waals surface area contributed by atoms with Crippen LogP contribution in [0.4, 0.5) is 0 Å². The minimum absolute atomic E-state index is 0.204. The molecule has 2 heteroatoms. The molecule has 2 atom stereocenters. The molecule has 0 aromatic carbocycles. The summed E-state index contributed by atoms with van der Waals surface area (Å²) in [5.74, 6) is 0.835. The Bertz CT molecular complexity index is 172. The Morgan fingerprint density at radius 3 is 3.00 bits per heavy atom. The second-order valence-corrected chi connectivity index (χ2v) is 3.04. The van der Waals surface area contributed by atoms with Crippen LogP contribution in [0.2, 0.25) is 0 Å². The average Bonchev–Trinajstić information content (AvgIpc) is 2.05.